The van der Waals surface area contributed by atoms with Crippen LogP contribution in [0.5, 0.6) is 0 Å². The van der Waals surface area contributed by atoms with Crippen LogP contribution in [0.4, 0.5) is 11.4 Å². The van der Waals surface area contributed by atoms with Gasteiger partial charge in [0.1, 0.15) is 0 Å². The molecule has 1 N–H and O–H groups in total. The zero-order valence-corrected chi connectivity index (χ0v) is 16.1. The third-order valence-electron chi connectivity index (χ3n) is 4.74. The molecule has 1 aliphatic rings. The van der Waals surface area contributed by atoms with E-state index < -0.39 is 0 Å². The Labute approximate surface area is 162 Å². The van der Waals surface area contributed by atoms with E-state index in [0.29, 0.717) is 24.6 Å². The van der Waals surface area contributed by atoms with Crippen LogP contribution in [-0.4, -0.2) is 29.1 Å². The van der Waals surface area contributed by atoms with Gasteiger partial charge >= 0.3 is 0 Å². The number of nitrogens with one attached hydrogen (secondary N) is 1. The Hall–Kier alpha value is -2.67. The van der Waals surface area contributed by atoms with Crippen molar-refractivity contribution in [2.45, 2.75) is 32.6 Å². The number of nitrogens with zero attached hydrogens (tertiary/aromatic N) is 3. The van der Waals surface area contributed by atoms with Crippen molar-refractivity contribution in [2.75, 3.05) is 23.3 Å². The zero-order valence-electron chi connectivity index (χ0n) is 15.3. The minimum atomic E-state index is -0.0568. The van der Waals surface area contributed by atoms with E-state index in [-0.39, 0.29) is 5.91 Å². The zero-order chi connectivity index (χ0) is 18.6. The number of rotatable bonds is 6. The van der Waals surface area contributed by atoms with E-state index in [4.69, 9.17) is 4.52 Å². The minimum Gasteiger partial charge on any atom is -0.371 e. The van der Waals surface area contributed by atoms with Gasteiger partial charge in [0.25, 0.3) is 0 Å². The first-order valence-electron chi connectivity index (χ1n) is 9.19. The quantitative estimate of drug-likeness (QED) is 0.689. The molecule has 0 radical (unpaired) electrons. The lowest BCUT2D eigenvalue weighted by atomic mass is 10.1. The average molecular weight is 382 g/mol. The van der Waals surface area contributed by atoms with Crippen molar-refractivity contribution < 1.29 is 9.32 Å². The number of amides is 1. The van der Waals surface area contributed by atoms with Gasteiger partial charge in [0.2, 0.25) is 17.6 Å². The van der Waals surface area contributed by atoms with Gasteiger partial charge < -0.3 is 14.7 Å². The van der Waals surface area contributed by atoms with E-state index in [1.165, 1.54) is 24.1 Å². The molecular weight excluding hydrogens is 360 g/mol. The summed E-state index contributed by atoms with van der Waals surface area (Å²) >= 11 is 1.58. The first kappa shape index (κ1) is 17.7. The van der Waals surface area contributed by atoms with Gasteiger partial charge in [-0.25, -0.2) is 0 Å². The SMILES string of the molecule is Cc1cc(NC(=O)CCc2nc(-c3ccsc3)no2)ccc1N1CCCC1. The maximum Gasteiger partial charge on any atom is 0.227 e. The molecule has 0 aliphatic carbocycles. The summed E-state index contributed by atoms with van der Waals surface area (Å²) < 4.78 is 5.24. The average Bonchev–Trinajstić information content (AvgIpc) is 3.41. The summed E-state index contributed by atoms with van der Waals surface area (Å²) in [4.78, 5) is 19.0. The molecule has 6 nitrogen and oxygen atoms in total. The molecule has 0 spiro atoms. The highest BCUT2D eigenvalue weighted by Crippen LogP contribution is 2.27. The summed E-state index contributed by atoms with van der Waals surface area (Å²) in [5.41, 5.74) is 4.21. The van der Waals surface area contributed by atoms with Crippen LogP contribution in [0.15, 0.2) is 39.5 Å². The number of hydrogen-bond acceptors (Lipinski definition) is 6. The largest absolute Gasteiger partial charge is 0.371 e. The number of carbonyl (C=O) groups excluding carboxylic acids is 1. The molecule has 3 heterocycles. The van der Waals surface area contributed by atoms with Crippen LogP contribution in [0.25, 0.3) is 11.4 Å². The van der Waals surface area contributed by atoms with Crippen molar-refractivity contribution in [2.24, 2.45) is 0 Å². The fourth-order valence-corrected chi connectivity index (χ4v) is 3.99. The van der Waals surface area contributed by atoms with Crippen LogP contribution in [0, 0.1) is 6.92 Å². The lowest BCUT2D eigenvalue weighted by molar-refractivity contribution is -0.116. The molecule has 2 aromatic heterocycles. The number of benzene rings is 1. The van der Waals surface area contributed by atoms with Crippen LogP contribution >= 0.6 is 11.3 Å². The van der Waals surface area contributed by atoms with Crippen molar-refractivity contribution in [3.8, 4) is 11.4 Å². The number of hydrogen-bond donors (Lipinski definition) is 1. The Morgan fingerprint density at radius 1 is 1.30 bits per heavy atom. The lowest BCUT2D eigenvalue weighted by Gasteiger charge is -2.20. The number of thiophene rings is 1. The molecular formula is C20H22N4O2S. The van der Waals surface area contributed by atoms with Gasteiger partial charge in [-0.15, -0.1) is 0 Å². The Morgan fingerprint density at radius 2 is 2.15 bits per heavy atom. The fraction of sp³-hybridized carbons (Fsp3) is 0.350. The Balaban J connectivity index is 1.32. The number of anilines is 2. The molecule has 3 aromatic rings. The van der Waals surface area contributed by atoms with Gasteiger partial charge in [-0.2, -0.15) is 16.3 Å². The van der Waals surface area contributed by atoms with Crippen LogP contribution in [0.1, 0.15) is 30.7 Å². The van der Waals surface area contributed by atoms with E-state index in [0.717, 1.165) is 24.3 Å². The van der Waals surface area contributed by atoms with E-state index >= 15 is 0 Å². The molecule has 7 heteroatoms. The monoisotopic (exact) mass is 382 g/mol. The summed E-state index contributed by atoms with van der Waals surface area (Å²) in [6, 6.07) is 8.05. The molecule has 0 unspecified atom stereocenters. The van der Waals surface area contributed by atoms with Gasteiger partial charge in [0.15, 0.2) is 0 Å². The maximum absolute atomic E-state index is 12.3. The highest BCUT2D eigenvalue weighted by atomic mass is 32.1. The number of aromatic nitrogens is 2. The topological polar surface area (TPSA) is 71.3 Å². The van der Waals surface area contributed by atoms with Gasteiger partial charge in [0.05, 0.1) is 0 Å². The molecule has 4 rings (SSSR count). The third kappa shape index (κ3) is 4.19. The predicted molar refractivity (Wildman–Crippen MR) is 107 cm³/mol. The van der Waals surface area contributed by atoms with Crippen LogP contribution in [-0.2, 0) is 11.2 Å². The molecule has 0 bridgehead atoms. The second-order valence-electron chi connectivity index (χ2n) is 6.77. The van der Waals surface area contributed by atoms with Crippen LogP contribution in [0.3, 0.4) is 0 Å². The van der Waals surface area contributed by atoms with Crippen LogP contribution in [0.2, 0.25) is 0 Å². The van der Waals surface area contributed by atoms with Gasteiger partial charge in [-0.3, -0.25) is 4.79 Å². The summed E-state index contributed by atoms with van der Waals surface area (Å²) in [5.74, 6) is 0.991. The summed E-state index contributed by atoms with van der Waals surface area (Å²) in [6.07, 6.45) is 3.23. The van der Waals surface area contributed by atoms with Crippen LogP contribution < -0.4 is 10.2 Å². The molecule has 27 heavy (non-hydrogen) atoms. The Kier molecular flexibility index (Phi) is 5.20. The molecule has 0 atom stereocenters. The fourth-order valence-electron chi connectivity index (χ4n) is 3.36. The van der Waals surface area contributed by atoms with Crippen molar-refractivity contribution in [1.29, 1.82) is 0 Å². The molecule has 0 saturated carbocycles. The van der Waals surface area contributed by atoms with Gasteiger partial charge in [0, 0.05) is 48.2 Å². The first-order chi connectivity index (χ1) is 13.2. The molecule has 1 aliphatic heterocycles. The van der Waals surface area contributed by atoms with Crippen molar-refractivity contribution in [3.05, 3.63) is 46.5 Å². The molecule has 140 valence electrons. The summed E-state index contributed by atoms with van der Waals surface area (Å²) in [5, 5.41) is 10.9. The minimum absolute atomic E-state index is 0.0568. The highest BCUT2D eigenvalue weighted by Gasteiger charge is 2.15. The second-order valence-corrected chi connectivity index (χ2v) is 7.55. The third-order valence-corrected chi connectivity index (χ3v) is 5.42. The normalized spacial score (nSPS) is 13.9. The maximum atomic E-state index is 12.3. The van der Waals surface area contributed by atoms with E-state index in [1.807, 2.05) is 29.0 Å². The molecule has 1 amide bonds. The number of carbonyl (C=O) groups is 1. The van der Waals surface area contributed by atoms with Gasteiger partial charge in [-0.1, -0.05) is 5.16 Å². The van der Waals surface area contributed by atoms with E-state index in [1.54, 1.807) is 11.3 Å². The highest BCUT2D eigenvalue weighted by molar-refractivity contribution is 7.08. The lowest BCUT2D eigenvalue weighted by Crippen LogP contribution is -2.19. The van der Waals surface area contributed by atoms with Crippen molar-refractivity contribution >= 4 is 28.6 Å². The Bertz CT molecular complexity index is 914. The standard InChI is InChI=1S/C20H22N4O2S/c1-14-12-16(4-5-17(14)24-9-2-3-10-24)21-18(25)6-7-19-22-20(23-26-19)15-8-11-27-13-15/h4-5,8,11-13H,2-3,6-7,9-10H2,1H3,(H,21,25). The van der Waals surface area contributed by atoms with E-state index in [9.17, 15) is 4.79 Å². The summed E-state index contributed by atoms with van der Waals surface area (Å²) in [7, 11) is 0. The van der Waals surface area contributed by atoms with Crippen molar-refractivity contribution in [3.63, 3.8) is 0 Å². The summed E-state index contributed by atoms with van der Waals surface area (Å²) in [6.45, 7) is 4.32. The molecule has 1 saturated heterocycles. The Morgan fingerprint density at radius 3 is 2.89 bits per heavy atom. The smallest absolute Gasteiger partial charge is 0.227 e. The molecule has 1 aromatic carbocycles. The number of aryl methyl sites for hydroxylation is 2. The predicted octanol–water partition coefficient (Wildman–Crippen LogP) is 4.28. The van der Waals surface area contributed by atoms with Gasteiger partial charge in [-0.05, 0) is 55.0 Å². The first-order valence-corrected chi connectivity index (χ1v) is 10.1. The molecule has 1 fully saturated rings. The van der Waals surface area contributed by atoms with E-state index in [2.05, 4.69) is 33.3 Å². The van der Waals surface area contributed by atoms with Crippen molar-refractivity contribution in [1.82, 2.24) is 10.1 Å². The second kappa shape index (κ2) is 7.92.